The first-order valence-corrected chi connectivity index (χ1v) is 7.39. The molecule has 1 aromatic heterocycles. The van der Waals surface area contributed by atoms with E-state index in [1.165, 1.54) is 25.5 Å². The van der Waals surface area contributed by atoms with Crippen molar-refractivity contribution < 1.29 is 9.90 Å². The van der Waals surface area contributed by atoms with Crippen LogP contribution in [0.2, 0.25) is 0 Å². The molecule has 0 unspecified atom stereocenters. The molecular formula is C16H19N3O2. The summed E-state index contributed by atoms with van der Waals surface area (Å²) >= 11 is 0. The van der Waals surface area contributed by atoms with Gasteiger partial charge in [0.25, 0.3) is 0 Å². The number of carbonyl (C=O) groups is 1. The molecule has 0 radical (unpaired) electrons. The molecule has 5 nitrogen and oxygen atoms in total. The van der Waals surface area contributed by atoms with Crippen molar-refractivity contribution >= 4 is 11.8 Å². The lowest BCUT2D eigenvalue weighted by atomic mass is 9.95. The van der Waals surface area contributed by atoms with Gasteiger partial charge in [0.15, 0.2) is 0 Å². The molecule has 1 saturated carbocycles. The molecule has 3 rings (SSSR count). The highest BCUT2D eigenvalue weighted by molar-refractivity contribution is 5.93. The Bertz CT molecular complexity index is 616. The van der Waals surface area contributed by atoms with Gasteiger partial charge in [0.2, 0.25) is 0 Å². The molecule has 0 saturated heterocycles. The Morgan fingerprint density at radius 2 is 1.90 bits per heavy atom. The molecule has 1 fully saturated rings. The van der Waals surface area contributed by atoms with Crippen molar-refractivity contribution in [1.82, 2.24) is 9.78 Å². The Labute approximate surface area is 123 Å². The lowest BCUT2D eigenvalue weighted by Crippen LogP contribution is -2.25. The molecule has 1 aliphatic carbocycles. The standard InChI is InChI=1S/C16H19N3O2/c20-16(21)14-11-17-19(13-9-5-2-6-10-13)15(14)18-12-7-3-1-4-8-12/h2,5-6,9-12,18H,1,3-4,7-8H2,(H,20,21). The van der Waals surface area contributed by atoms with Crippen LogP contribution in [0.5, 0.6) is 0 Å². The fraction of sp³-hybridized carbons (Fsp3) is 0.375. The predicted molar refractivity (Wildman–Crippen MR) is 81.0 cm³/mol. The van der Waals surface area contributed by atoms with Gasteiger partial charge < -0.3 is 10.4 Å². The van der Waals surface area contributed by atoms with Gasteiger partial charge in [-0.05, 0) is 25.0 Å². The average molecular weight is 285 g/mol. The molecule has 1 heterocycles. The molecule has 0 amide bonds. The molecule has 1 aliphatic rings. The molecule has 21 heavy (non-hydrogen) atoms. The number of aromatic nitrogens is 2. The number of nitrogens with one attached hydrogen (secondary N) is 1. The Morgan fingerprint density at radius 3 is 2.57 bits per heavy atom. The Kier molecular flexibility index (Phi) is 3.90. The third kappa shape index (κ3) is 2.91. The number of nitrogens with zero attached hydrogens (tertiary/aromatic N) is 2. The SMILES string of the molecule is O=C(O)c1cnn(-c2ccccc2)c1NC1CCCCC1. The quantitative estimate of drug-likeness (QED) is 0.904. The molecule has 2 N–H and O–H groups in total. The van der Waals surface area contributed by atoms with Gasteiger partial charge in [-0.25, -0.2) is 9.48 Å². The minimum Gasteiger partial charge on any atom is -0.477 e. The summed E-state index contributed by atoms with van der Waals surface area (Å²) in [6.45, 7) is 0. The summed E-state index contributed by atoms with van der Waals surface area (Å²) in [5, 5.41) is 17.0. The fourth-order valence-electron chi connectivity index (χ4n) is 2.85. The summed E-state index contributed by atoms with van der Waals surface area (Å²) < 4.78 is 1.68. The maximum Gasteiger partial charge on any atom is 0.341 e. The third-order valence-electron chi connectivity index (χ3n) is 3.95. The van der Waals surface area contributed by atoms with Crippen LogP contribution in [0.1, 0.15) is 42.5 Å². The van der Waals surface area contributed by atoms with Crippen LogP contribution in [0.25, 0.3) is 5.69 Å². The van der Waals surface area contributed by atoms with Crippen molar-refractivity contribution in [2.75, 3.05) is 5.32 Å². The minimum absolute atomic E-state index is 0.226. The van der Waals surface area contributed by atoms with Crippen LogP contribution in [0.3, 0.4) is 0 Å². The number of aromatic carboxylic acids is 1. The van der Waals surface area contributed by atoms with Gasteiger partial charge in [-0.3, -0.25) is 0 Å². The molecule has 1 aromatic carbocycles. The van der Waals surface area contributed by atoms with E-state index in [2.05, 4.69) is 10.4 Å². The second kappa shape index (κ2) is 5.99. The fourth-order valence-corrected chi connectivity index (χ4v) is 2.85. The number of carboxylic acid groups (broad SMARTS) is 1. The first-order valence-electron chi connectivity index (χ1n) is 7.39. The van der Waals surface area contributed by atoms with Crippen LogP contribution in [0, 0.1) is 0 Å². The van der Waals surface area contributed by atoms with Crippen LogP contribution in [0.4, 0.5) is 5.82 Å². The van der Waals surface area contributed by atoms with Crippen LogP contribution in [-0.4, -0.2) is 26.9 Å². The topological polar surface area (TPSA) is 67.1 Å². The first kappa shape index (κ1) is 13.7. The summed E-state index contributed by atoms with van der Waals surface area (Å²) in [5.74, 6) is -0.365. The minimum atomic E-state index is -0.949. The second-order valence-electron chi connectivity index (χ2n) is 5.44. The van der Waals surface area contributed by atoms with Gasteiger partial charge in [-0.2, -0.15) is 5.10 Å². The lowest BCUT2D eigenvalue weighted by Gasteiger charge is -2.24. The summed E-state index contributed by atoms with van der Waals surface area (Å²) in [6, 6.07) is 9.94. The molecule has 2 aromatic rings. The molecule has 0 spiro atoms. The number of hydrogen-bond acceptors (Lipinski definition) is 3. The highest BCUT2D eigenvalue weighted by atomic mass is 16.4. The Morgan fingerprint density at radius 1 is 1.19 bits per heavy atom. The van der Waals surface area contributed by atoms with Crippen molar-refractivity contribution in [3.05, 3.63) is 42.1 Å². The maximum atomic E-state index is 11.4. The van der Waals surface area contributed by atoms with E-state index in [0.717, 1.165) is 18.5 Å². The maximum absolute atomic E-state index is 11.4. The first-order chi connectivity index (χ1) is 10.3. The van der Waals surface area contributed by atoms with E-state index in [1.54, 1.807) is 4.68 Å². The summed E-state index contributed by atoms with van der Waals surface area (Å²) in [4.78, 5) is 11.4. The Hall–Kier alpha value is -2.30. The summed E-state index contributed by atoms with van der Waals surface area (Å²) in [7, 11) is 0. The van der Waals surface area contributed by atoms with E-state index in [9.17, 15) is 9.90 Å². The van der Waals surface area contributed by atoms with Crippen LogP contribution in [-0.2, 0) is 0 Å². The zero-order valence-corrected chi connectivity index (χ0v) is 11.8. The highest BCUT2D eigenvalue weighted by Crippen LogP contribution is 2.26. The smallest absolute Gasteiger partial charge is 0.341 e. The van der Waals surface area contributed by atoms with Gasteiger partial charge in [-0.1, -0.05) is 37.5 Å². The monoisotopic (exact) mass is 285 g/mol. The van der Waals surface area contributed by atoms with E-state index in [4.69, 9.17) is 0 Å². The molecule has 0 atom stereocenters. The number of hydrogen-bond donors (Lipinski definition) is 2. The Balaban J connectivity index is 1.95. The van der Waals surface area contributed by atoms with Gasteiger partial charge in [0, 0.05) is 6.04 Å². The van der Waals surface area contributed by atoms with Crippen molar-refractivity contribution in [1.29, 1.82) is 0 Å². The molecule has 5 heteroatoms. The molecular weight excluding hydrogens is 266 g/mol. The van der Waals surface area contributed by atoms with Crippen molar-refractivity contribution in [2.24, 2.45) is 0 Å². The third-order valence-corrected chi connectivity index (χ3v) is 3.95. The second-order valence-corrected chi connectivity index (χ2v) is 5.44. The van der Waals surface area contributed by atoms with Gasteiger partial charge in [0.05, 0.1) is 11.9 Å². The normalized spacial score (nSPS) is 15.8. The number of benzene rings is 1. The molecule has 0 aliphatic heterocycles. The van der Waals surface area contributed by atoms with Crippen LogP contribution >= 0.6 is 0 Å². The van der Waals surface area contributed by atoms with E-state index < -0.39 is 5.97 Å². The summed E-state index contributed by atoms with van der Waals surface area (Å²) in [5.41, 5.74) is 1.09. The average Bonchev–Trinajstić information content (AvgIpc) is 2.93. The lowest BCUT2D eigenvalue weighted by molar-refractivity contribution is 0.0698. The zero-order chi connectivity index (χ0) is 14.7. The van der Waals surface area contributed by atoms with Gasteiger partial charge in [-0.15, -0.1) is 0 Å². The number of rotatable bonds is 4. The highest BCUT2D eigenvalue weighted by Gasteiger charge is 2.21. The van der Waals surface area contributed by atoms with Crippen LogP contribution < -0.4 is 5.32 Å². The largest absolute Gasteiger partial charge is 0.477 e. The molecule has 0 bridgehead atoms. The summed E-state index contributed by atoms with van der Waals surface area (Å²) in [6.07, 6.45) is 7.24. The van der Waals surface area contributed by atoms with Gasteiger partial charge in [0.1, 0.15) is 11.4 Å². The van der Waals surface area contributed by atoms with Crippen molar-refractivity contribution in [3.63, 3.8) is 0 Å². The molecule has 110 valence electrons. The van der Waals surface area contributed by atoms with E-state index in [0.29, 0.717) is 11.9 Å². The number of anilines is 1. The van der Waals surface area contributed by atoms with E-state index >= 15 is 0 Å². The number of carboxylic acids is 1. The number of para-hydroxylation sites is 1. The van der Waals surface area contributed by atoms with Gasteiger partial charge >= 0.3 is 5.97 Å². The van der Waals surface area contributed by atoms with E-state index in [-0.39, 0.29) is 5.56 Å². The zero-order valence-electron chi connectivity index (χ0n) is 11.8. The van der Waals surface area contributed by atoms with Crippen LogP contribution in [0.15, 0.2) is 36.5 Å². The van der Waals surface area contributed by atoms with Crippen molar-refractivity contribution in [3.8, 4) is 5.69 Å². The predicted octanol–water partition coefficient (Wildman–Crippen LogP) is 3.32. The van der Waals surface area contributed by atoms with E-state index in [1.807, 2.05) is 30.3 Å². The van der Waals surface area contributed by atoms with Crippen molar-refractivity contribution in [2.45, 2.75) is 38.1 Å².